The van der Waals surface area contributed by atoms with E-state index in [1.54, 1.807) is 6.92 Å². The van der Waals surface area contributed by atoms with Gasteiger partial charge in [-0.25, -0.2) is 0 Å². The van der Waals surface area contributed by atoms with Crippen molar-refractivity contribution in [1.29, 1.82) is 0 Å². The first-order valence-corrected chi connectivity index (χ1v) is 11.3. The minimum absolute atomic E-state index is 0.277. The van der Waals surface area contributed by atoms with Gasteiger partial charge in [-0.1, -0.05) is 74.4 Å². The first-order valence-electron chi connectivity index (χ1n) is 11.3. The van der Waals surface area contributed by atoms with Crippen molar-refractivity contribution in [2.75, 3.05) is 0 Å². The molecule has 1 saturated carbocycles. The molecule has 2 aromatic rings. The van der Waals surface area contributed by atoms with Crippen molar-refractivity contribution in [3.05, 3.63) is 60.2 Å². The number of nitrogens with one attached hydrogen (secondary N) is 1. The Morgan fingerprint density at radius 1 is 0.906 bits per heavy atom. The molecule has 1 aliphatic carbocycles. The first kappa shape index (κ1) is 23.5. The van der Waals surface area contributed by atoms with Gasteiger partial charge in [0.15, 0.2) is 0 Å². The highest BCUT2D eigenvalue weighted by atomic mass is 16.4. The molecule has 0 spiro atoms. The summed E-state index contributed by atoms with van der Waals surface area (Å²) in [5.74, 6) is -3.98. The smallest absolute Gasteiger partial charge is 0.307 e. The Hall–Kier alpha value is -3.15. The zero-order valence-corrected chi connectivity index (χ0v) is 18.4. The van der Waals surface area contributed by atoms with Gasteiger partial charge in [0.2, 0.25) is 5.91 Å². The predicted octanol–water partition coefficient (Wildman–Crippen LogP) is 4.38. The summed E-state index contributed by atoms with van der Waals surface area (Å²) in [5.41, 5.74) is 3.19. The Morgan fingerprint density at radius 2 is 1.50 bits per heavy atom. The van der Waals surface area contributed by atoms with Crippen LogP contribution >= 0.6 is 0 Å². The summed E-state index contributed by atoms with van der Waals surface area (Å²) in [6.45, 7) is 1.63. The van der Waals surface area contributed by atoms with Crippen molar-refractivity contribution in [3.63, 3.8) is 0 Å². The van der Waals surface area contributed by atoms with Gasteiger partial charge in [0.25, 0.3) is 0 Å². The van der Waals surface area contributed by atoms with Gasteiger partial charge in [0.05, 0.1) is 17.8 Å². The van der Waals surface area contributed by atoms with Gasteiger partial charge in [-0.05, 0) is 42.4 Å². The monoisotopic (exact) mass is 437 g/mol. The van der Waals surface area contributed by atoms with Crippen molar-refractivity contribution < 1.29 is 24.6 Å². The van der Waals surface area contributed by atoms with Crippen molar-refractivity contribution in [1.82, 2.24) is 5.32 Å². The molecule has 1 fully saturated rings. The fourth-order valence-corrected chi connectivity index (χ4v) is 4.52. The van der Waals surface area contributed by atoms with Crippen LogP contribution in [-0.2, 0) is 20.8 Å². The highest BCUT2D eigenvalue weighted by Gasteiger charge is 2.36. The van der Waals surface area contributed by atoms with E-state index in [9.17, 15) is 24.6 Å². The van der Waals surface area contributed by atoms with Crippen molar-refractivity contribution in [2.45, 2.75) is 51.5 Å². The van der Waals surface area contributed by atoms with Gasteiger partial charge in [-0.15, -0.1) is 0 Å². The van der Waals surface area contributed by atoms with Crippen molar-refractivity contribution in [2.24, 2.45) is 17.8 Å². The Morgan fingerprint density at radius 3 is 2.09 bits per heavy atom. The van der Waals surface area contributed by atoms with Gasteiger partial charge in [0, 0.05) is 6.04 Å². The molecule has 3 N–H and O–H groups in total. The summed E-state index contributed by atoms with van der Waals surface area (Å²) < 4.78 is 0. The predicted molar refractivity (Wildman–Crippen MR) is 122 cm³/mol. The van der Waals surface area contributed by atoms with E-state index >= 15 is 0 Å². The van der Waals surface area contributed by atoms with Crippen molar-refractivity contribution >= 4 is 17.8 Å². The van der Waals surface area contributed by atoms with E-state index in [4.69, 9.17) is 0 Å². The number of hydrogen-bond donors (Lipinski definition) is 3. The summed E-state index contributed by atoms with van der Waals surface area (Å²) in [7, 11) is 0. The van der Waals surface area contributed by atoms with Crippen LogP contribution < -0.4 is 5.32 Å². The summed E-state index contributed by atoms with van der Waals surface area (Å²) in [6.07, 6.45) is 3.47. The first-order chi connectivity index (χ1) is 15.3. The van der Waals surface area contributed by atoms with Crippen LogP contribution in [0.5, 0.6) is 0 Å². The largest absolute Gasteiger partial charge is 0.481 e. The quantitative estimate of drug-likeness (QED) is 0.540. The number of benzene rings is 2. The highest BCUT2D eigenvalue weighted by Crippen LogP contribution is 2.31. The number of aliphatic carboxylic acids is 2. The van der Waals surface area contributed by atoms with E-state index in [1.807, 2.05) is 54.6 Å². The van der Waals surface area contributed by atoms with Crippen LogP contribution in [0.2, 0.25) is 0 Å². The molecule has 3 rings (SSSR count). The van der Waals surface area contributed by atoms with E-state index in [-0.39, 0.29) is 18.4 Å². The minimum atomic E-state index is -0.934. The molecule has 0 aromatic heterocycles. The molecule has 0 aliphatic heterocycles. The lowest BCUT2D eigenvalue weighted by Gasteiger charge is -2.30. The molecule has 6 heteroatoms. The zero-order chi connectivity index (χ0) is 23.1. The van der Waals surface area contributed by atoms with E-state index in [0.717, 1.165) is 29.5 Å². The third-order valence-corrected chi connectivity index (χ3v) is 6.37. The van der Waals surface area contributed by atoms with Gasteiger partial charge < -0.3 is 15.5 Å². The number of carbonyl (C=O) groups excluding carboxylic acids is 1. The molecule has 6 nitrogen and oxygen atoms in total. The zero-order valence-electron chi connectivity index (χ0n) is 18.4. The van der Waals surface area contributed by atoms with E-state index in [1.165, 1.54) is 0 Å². The molecular weight excluding hydrogens is 406 g/mol. The molecule has 1 unspecified atom stereocenters. The molecule has 1 aliphatic rings. The van der Waals surface area contributed by atoms with Gasteiger partial charge in [0.1, 0.15) is 0 Å². The number of rotatable bonds is 9. The number of amides is 1. The number of carbonyl (C=O) groups is 3. The molecule has 0 radical (unpaired) electrons. The fraction of sp³-hybridized carbons (Fsp3) is 0.423. The summed E-state index contributed by atoms with van der Waals surface area (Å²) in [4.78, 5) is 36.0. The van der Waals surface area contributed by atoms with E-state index < -0.39 is 29.7 Å². The third-order valence-electron chi connectivity index (χ3n) is 6.37. The van der Waals surface area contributed by atoms with Crippen LogP contribution in [0.4, 0.5) is 0 Å². The molecule has 0 bridgehead atoms. The maximum Gasteiger partial charge on any atom is 0.307 e. The van der Waals surface area contributed by atoms with Crippen LogP contribution in [0.1, 0.15) is 44.6 Å². The van der Waals surface area contributed by atoms with E-state index in [2.05, 4.69) is 5.32 Å². The number of carboxylic acids is 2. The van der Waals surface area contributed by atoms with Gasteiger partial charge in [-0.3, -0.25) is 14.4 Å². The van der Waals surface area contributed by atoms with E-state index in [0.29, 0.717) is 19.3 Å². The average Bonchev–Trinajstić information content (AvgIpc) is 2.80. The number of hydrogen-bond acceptors (Lipinski definition) is 3. The van der Waals surface area contributed by atoms with Crippen molar-refractivity contribution in [3.8, 4) is 11.1 Å². The maximum atomic E-state index is 13.0. The molecule has 0 heterocycles. The Balaban J connectivity index is 1.73. The average molecular weight is 438 g/mol. The fourth-order valence-electron chi connectivity index (χ4n) is 4.52. The summed E-state index contributed by atoms with van der Waals surface area (Å²) in [5, 5.41) is 21.9. The van der Waals surface area contributed by atoms with Crippen LogP contribution in [0.3, 0.4) is 0 Å². The summed E-state index contributed by atoms with van der Waals surface area (Å²) in [6, 6.07) is 17.7. The Labute approximate surface area is 188 Å². The molecule has 4 atom stereocenters. The lowest BCUT2D eigenvalue weighted by atomic mass is 9.78. The van der Waals surface area contributed by atoms with Gasteiger partial charge in [-0.2, -0.15) is 0 Å². The topological polar surface area (TPSA) is 104 Å². The lowest BCUT2D eigenvalue weighted by molar-refractivity contribution is -0.149. The van der Waals surface area contributed by atoms with Crippen LogP contribution in [-0.4, -0.2) is 34.1 Å². The second-order valence-electron chi connectivity index (χ2n) is 8.78. The van der Waals surface area contributed by atoms with Crippen LogP contribution in [0, 0.1) is 17.8 Å². The normalized spacial score (nSPS) is 20.2. The molecule has 0 saturated heterocycles. The highest BCUT2D eigenvalue weighted by molar-refractivity contribution is 5.85. The second-order valence-corrected chi connectivity index (χ2v) is 8.78. The van der Waals surface area contributed by atoms with Gasteiger partial charge >= 0.3 is 11.9 Å². The summed E-state index contributed by atoms with van der Waals surface area (Å²) >= 11 is 0. The molecule has 1 amide bonds. The minimum Gasteiger partial charge on any atom is -0.481 e. The van der Waals surface area contributed by atoms with Crippen LogP contribution in [0.25, 0.3) is 11.1 Å². The molecule has 32 heavy (non-hydrogen) atoms. The SMILES string of the molecule is C[C@H](CC(Cc1ccc(-c2ccccc2)cc1)NC(=O)[C@H]1CCCC[C@H]1C(=O)O)C(=O)O. The molecular formula is C26H31NO5. The lowest BCUT2D eigenvalue weighted by Crippen LogP contribution is -2.45. The van der Waals surface area contributed by atoms with Crippen LogP contribution in [0.15, 0.2) is 54.6 Å². The third kappa shape index (κ3) is 6.19. The second kappa shape index (κ2) is 10.9. The maximum absolute atomic E-state index is 13.0. The number of carboxylic acid groups (broad SMARTS) is 2. The molecule has 170 valence electrons. The Kier molecular flexibility index (Phi) is 8.03. The standard InChI is InChI=1S/C26H31NO5/c1-17(25(29)30)15-21(27-24(28)22-9-5-6-10-23(22)26(31)32)16-18-11-13-20(14-12-18)19-7-3-2-4-8-19/h2-4,7-8,11-14,17,21-23H,5-6,9-10,15-16H2,1H3,(H,27,28)(H,29,30)(H,31,32)/t17-,21?,22+,23-/m1/s1. The Bertz CT molecular complexity index is 925. The molecule has 2 aromatic carbocycles.